The molecule has 0 saturated carbocycles. The van der Waals surface area contributed by atoms with Gasteiger partial charge in [0.15, 0.2) is 5.84 Å². The Bertz CT molecular complexity index is 342. The third-order valence-corrected chi connectivity index (χ3v) is 3.58. The molecule has 0 aliphatic carbocycles. The number of amides is 1. The van der Waals surface area contributed by atoms with Crippen LogP contribution in [0.2, 0.25) is 0 Å². The van der Waals surface area contributed by atoms with E-state index < -0.39 is 5.41 Å². The average Bonchev–Trinajstić information content (AvgIpc) is 2.50. The molecule has 1 aliphatic heterocycles. The van der Waals surface area contributed by atoms with Crippen molar-refractivity contribution >= 4 is 11.7 Å². The van der Waals surface area contributed by atoms with Crippen LogP contribution in [0.1, 0.15) is 12.8 Å². The normalized spacial score (nSPS) is 18.8. The highest BCUT2D eigenvalue weighted by atomic mass is 16.5. The van der Waals surface area contributed by atoms with Crippen molar-refractivity contribution in [3.8, 4) is 0 Å². The van der Waals surface area contributed by atoms with Crippen molar-refractivity contribution in [2.75, 3.05) is 46.6 Å². The van der Waals surface area contributed by atoms with E-state index in [1.54, 1.807) is 0 Å². The summed E-state index contributed by atoms with van der Waals surface area (Å²) in [5, 5.41) is 21.1. The lowest BCUT2D eigenvalue weighted by Crippen LogP contribution is -2.55. The summed E-state index contributed by atoms with van der Waals surface area (Å²) in [6.45, 7) is 1.48. The molecule has 0 aromatic carbocycles. The number of hydrogen-bond donors (Lipinski definition) is 3. The van der Waals surface area contributed by atoms with Crippen molar-refractivity contribution in [2.24, 2.45) is 16.3 Å². The second-order valence-electron chi connectivity index (χ2n) is 4.69. The van der Waals surface area contributed by atoms with Gasteiger partial charge < -0.3 is 30.4 Å². The van der Waals surface area contributed by atoms with Gasteiger partial charge in [0.2, 0.25) is 5.91 Å². The maximum absolute atomic E-state index is 12.7. The molecular formula is C12H23N3O5. The van der Waals surface area contributed by atoms with Crippen molar-refractivity contribution in [2.45, 2.75) is 12.8 Å². The number of carbonyl (C=O) groups excluding carboxylic acids is 1. The van der Waals surface area contributed by atoms with Crippen molar-refractivity contribution < 1.29 is 24.6 Å². The number of carbonyl (C=O) groups is 1. The van der Waals surface area contributed by atoms with E-state index in [1.165, 1.54) is 12.0 Å². The fourth-order valence-corrected chi connectivity index (χ4v) is 2.33. The van der Waals surface area contributed by atoms with E-state index in [0.717, 1.165) is 0 Å². The Morgan fingerprint density at radius 2 is 2.10 bits per heavy atom. The third kappa shape index (κ3) is 3.59. The Hall–Kier alpha value is -1.38. The van der Waals surface area contributed by atoms with Gasteiger partial charge in [-0.25, -0.2) is 0 Å². The second kappa shape index (κ2) is 8.03. The summed E-state index contributed by atoms with van der Waals surface area (Å²) >= 11 is 0. The molecule has 1 amide bonds. The highest BCUT2D eigenvalue weighted by Gasteiger charge is 2.46. The zero-order valence-corrected chi connectivity index (χ0v) is 11.7. The number of oxime groups is 1. The highest BCUT2D eigenvalue weighted by molar-refractivity contribution is 6.06. The molecule has 8 heteroatoms. The van der Waals surface area contributed by atoms with Crippen LogP contribution in [0.4, 0.5) is 0 Å². The summed E-state index contributed by atoms with van der Waals surface area (Å²) in [5.74, 6) is -0.367. The molecule has 0 bridgehead atoms. The van der Waals surface area contributed by atoms with Crippen molar-refractivity contribution in [1.29, 1.82) is 0 Å². The Kier molecular flexibility index (Phi) is 6.69. The number of ether oxygens (including phenoxy) is 2. The van der Waals surface area contributed by atoms with E-state index in [4.69, 9.17) is 25.5 Å². The lowest BCUT2D eigenvalue weighted by molar-refractivity contribution is -0.143. The lowest BCUT2D eigenvalue weighted by atomic mass is 9.77. The fourth-order valence-electron chi connectivity index (χ4n) is 2.33. The molecule has 20 heavy (non-hydrogen) atoms. The topological polar surface area (TPSA) is 118 Å². The first-order valence-corrected chi connectivity index (χ1v) is 6.57. The van der Waals surface area contributed by atoms with Gasteiger partial charge in [-0.2, -0.15) is 0 Å². The van der Waals surface area contributed by atoms with Crippen LogP contribution in [-0.4, -0.2) is 73.6 Å². The van der Waals surface area contributed by atoms with Crippen LogP contribution in [0.15, 0.2) is 5.16 Å². The predicted molar refractivity (Wildman–Crippen MR) is 71.4 cm³/mol. The molecule has 4 N–H and O–H groups in total. The lowest BCUT2D eigenvalue weighted by Gasteiger charge is -2.38. The Morgan fingerprint density at radius 3 is 2.60 bits per heavy atom. The first-order chi connectivity index (χ1) is 9.62. The number of hydrogen-bond acceptors (Lipinski definition) is 6. The summed E-state index contributed by atoms with van der Waals surface area (Å²) in [5.41, 5.74) is 4.69. The Labute approximate surface area is 118 Å². The third-order valence-electron chi connectivity index (χ3n) is 3.58. The highest BCUT2D eigenvalue weighted by Crippen LogP contribution is 2.33. The van der Waals surface area contributed by atoms with Gasteiger partial charge in [-0.1, -0.05) is 5.16 Å². The SMILES string of the molecule is COCCN(CCO)C(=O)C1(C(N)=NO)CCOCC1. The fraction of sp³-hybridized carbons (Fsp3) is 0.833. The number of aliphatic hydroxyl groups is 1. The first kappa shape index (κ1) is 16.7. The van der Waals surface area contributed by atoms with Crippen molar-refractivity contribution in [3.63, 3.8) is 0 Å². The van der Waals surface area contributed by atoms with Gasteiger partial charge in [-0.15, -0.1) is 0 Å². The molecule has 1 aliphatic rings. The molecule has 1 rings (SSSR count). The van der Waals surface area contributed by atoms with E-state index >= 15 is 0 Å². The quantitative estimate of drug-likeness (QED) is 0.239. The number of amidine groups is 1. The summed E-state index contributed by atoms with van der Waals surface area (Å²) in [6, 6.07) is 0. The van der Waals surface area contributed by atoms with Gasteiger partial charge in [-0.05, 0) is 12.8 Å². The molecule has 0 unspecified atom stereocenters. The minimum atomic E-state index is -1.06. The summed E-state index contributed by atoms with van der Waals surface area (Å²) < 4.78 is 10.2. The van der Waals surface area contributed by atoms with Gasteiger partial charge >= 0.3 is 0 Å². The maximum Gasteiger partial charge on any atom is 0.236 e. The van der Waals surface area contributed by atoms with Crippen LogP contribution in [0, 0.1) is 5.41 Å². The average molecular weight is 289 g/mol. The molecular weight excluding hydrogens is 266 g/mol. The van der Waals surface area contributed by atoms with Crippen LogP contribution >= 0.6 is 0 Å². The molecule has 1 heterocycles. The van der Waals surface area contributed by atoms with E-state index in [1.807, 2.05) is 0 Å². The van der Waals surface area contributed by atoms with E-state index in [-0.39, 0.29) is 24.9 Å². The van der Waals surface area contributed by atoms with Gasteiger partial charge in [0.1, 0.15) is 5.41 Å². The van der Waals surface area contributed by atoms with Crippen molar-refractivity contribution in [1.82, 2.24) is 4.90 Å². The van der Waals surface area contributed by atoms with Crippen LogP contribution in [-0.2, 0) is 14.3 Å². The Balaban J connectivity index is 2.95. The molecule has 8 nitrogen and oxygen atoms in total. The molecule has 0 spiro atoms. The van der Waals surface area contributed by atoms with Gasteiger partial charge in [0.05, 0.1) is 13.2 Å². The zero-order chi connectivity index (χ0) is 15.0. The zero-order valence-electron chi connectivity index (χ0n) is 11.7. The second-order valence-corrected chi connectivity index (χ2v) is 4.69. The number of nitrogens with zero attached hydrogens (tertiary/aromatic N) is 2. The maximum atomic E-state index is 12.7. The number of nitrogens with two attached hydrogens (primary N) is 1. The van der Waals surface area contributed by atoms with E-state index in [9.17, 15) is 4.79 Å². The van der Waals surface area contributed by atoms with Crippen LogP contribution < -0.4 is 5.73 Å². The molecule has 0 atom stereocenters. The first-order valence-electron chi connectivity index (χ1n) is 6.57. The largest absolute Gasteiger partial charge is 0.409 e. The number of rotatable bonds is 7. The molecule has 0 aromatic rings. The van der Waals surface area contributed by atoms with Crippen LogP contribution in [0.5, 0.6) is 0 Å². The summed E-state index contributed by atoms with van der Waals surface area (Å²) in [4.78, 5) is 14.2. The molecule has 1 saturated heterocycles. The molecule has 0 aromatic heterocycles. The van der Waals surface area contributed by atoms with Crippen LogP contribution in [0.25, 0.3) is 0 Å². The molecule has 116 valence electrons. The van der Waals surface area contributed by atoms with Gasteiger partial charge in [0, 0.05) is 33.4 Å². The smallest absolute Gasteiger partial charge is 0.236 e. The van der Waals surface area contributed by atoms with Gasteiger partial charge in [0.25, 0.3) is 0 Å². The standard InChI is InChI=1S/C12H23N3O5/c1-19-9-5-15(4-6-16)11(17)12(10(13)14-18)2-7-20-8-3-12/h16,18H,2-9H2,1H3,(H2,13,14). The minimum Gasteiger partial charge on any atom is -0.409 e. The molecule has 1 fully saturated rings. The van der Waals surface area contributed by atoms with Gasteiger partial charge in [-0.3, -0.25) is 4.79 Å². The van der Waals surface area contributed by atoms with E-state index in [2.05, 4.69) is 5.16 Å². The number of methoxy groups -OCH3 is 1. The predicted octanol–water partition coefficient (Wildman–Crippen LogP) is -1.00. The molecule has 0 radical (unpaired) electrons. The van der Waals surface area contributed by atoms with Crippen molar-refractivity contribution in [3.05, 3.63) is 0 Å². The summed E-state index contributed by atoms with van der Waals surface area (Å²) in [6.07, 6.45) is 0.716. The van der Waals surface area contributed by atoms with E-state index in [0.29, 0.717) is 39.2 Å². The minimum absolute atomic E-state index is 0.105. The monoisotopic (exact) mass is 289 g/mol. The van der Waals surface area contributed by atoms with Crippen LogP contribution in [0.3, 0.4) is 0 Å². The Morgan fingerprint density at radius 1 is 1.45 bits per heavy atom. The summed E-state index contributed by atoms with van der Waals surface area (Å²) in [7, 11) is 1.54. The number of aliphatic hydroxyl groups excluding tert-OH is 1.